The predicted octanol–water partition coefficient (Wildman–Crippen LogP) is 1.06. The van der Waals surface area contributed by atoms with Crippen LogP contribution in [0, 0.1) is 6.92 Å². The molecule has 7 nitrogen and oxygen atoms in total. The number of carbonyl (C=O) groups is 2. The Balaban J connectivity index is 1.68. The number of hydrogen-bond acceptors (Lipinski definition) is 5. The highest BCUT2D eigenvalue weighted by Gasteiger charge is 2.08. The molecule has 2 heterocycles. The van der Waals surface area contributed by atoms with Crippen molar-refractivity contribution in [3.63, 3.8) is 0 Å². The number of pyridine rings is 1. The first-order valence-corrected chi connectivity index (χ1v) is 7.31. The van der Waals surface area contributed by atoms with Crippen molar-refractivity contribution in [3.05, 3.63) is 35.8 Å². The summed E-state index contributed by atoms with van der Waals surface area (Å²) in [5.41, 5.74) is 3.07. The van der Waals surface area contributed by atoms with Crippen LogP contribution in [0.15, 0.2) is 24.5 Å². The number of imidazole rings is 1. The molecule has 124 valence electrons. The SMILES string of the molecule is Cc1ccc2ncc(CNCCNC(=O)CCC(=O)OF)n2c1. The summed E-state index contributed by atoms with van der Waals surface area (Å²) in [7, 11) is 0. The minimum atomic E-state index is -1.04. The van der Waals surface area contributed by atoms with Gasteiger partial charge in [-0.15, -0.1) is 0 Å². The topological polar surface area (TPSA) is 84.7 Å². The van der Waals surface area contributed by atoms with Gasteiger partial charge >= 0.3 is 5.97 Å². The monoisotopic (exact) mass is 322 g/mol. The normalized spacial score (nSPS) is 10.7. The van der Waals surface area contributed by atoms with E-state index in [1.165, 1.54) is 0 Å². The Morgan fingerprint density at radius 2 is 2.13 bits per heavy atom. The molecule has 2 aromatic rings. The second kappa shape index (κ2) is 8.23. The van der Waals surface area contributed by atoms with E-state index < -0.39 is 5.97 Å². The molecule has 1 amide bonds. The number of nitrogens with one attached hydrogen (secondary N) is 2. The summed E-state index contributed by atoms with van der Waals surface area (Å²) in [6.07, 6.45) is 3.47. The zero-order chi connectivity index (χ0) is 16.7. The lowest BCUT2D eigenvalue weighted by atomic mass is 10.3. The average Bonchev–Trinajstić information content (AvgIpc) is 2.94. The Bertz CT molecular complexity index is 686. The summed E-state index contributed by atoms with van der Waals surface area (Å²) in [6.45, 7) is 3.62. The molecule has 8 heteroatoms. The van der Waals surface area contributed by atoms with Gasteiger partial charge in [0.25, 0.3) is 0 Å². The van der Waals surface area contributed by atoms with Gasteiger partial charge in [0.15, 0.2) is 0 Å². The van der Waals surface area contributed by atoms with Crippen LogP contribution in [0.5, 0.6) is 0 Å². The Labute approximate surface area is 132 Å². The van der Waals surface area contributed by atoms with E-state index in [4.69, 9.17) is 0 Å². The molecule has 0 bridgehead atoms. The van der Waals surface area contributed by atoms with E-state index in [-0.39, 0.29) is 18.7 Å². The summed E-state index contributed by atoms with van der Waals surface area (Å²) in [5, 5.41) is 5.84. The van der Waals surface area contributed by atoms with Crippen LogP contribution in [0.1, 0.15) is 24.1 Å². The van der Waals surface area contributed by atoms with E-state index in [1.807, 2.05) is 35.9 Å². The molecule has 0 radical (unpaired) electrons. The van der Waals surface area contributed by atoms with E-state index in [2.05, 4.69) is 20.6 Å². The maximum Gasteiger partial charge on any atom is 0.349 e. The zero-order valence-electron chi connectivity index (χ0n) is 12.8. The highest BCUT2D eigenvalue weighted by Crippen LogP contribution is 2.08. The Morgan fingerprint density at radius 1 is 1.30 bits per heavy atom. The quantitative estimate of drug-likeness (QED) is 0.710. The van der Waals surface area contributed by atoms with E-state index in [0.717, 1.165) is 16.9 Å². The van der Waals surface area contributed by atoms with Gasteiger partial charge in [0.05, 0.1) is 18.3 Å². The second-order valence-corrected chi connectivity index (χ2v) is 5.16. The van der Waals surface area contributed by atoms with Crippen molar-refractivity contribution in [2.75, 3.05) is 13.1 Å². The molecule has 0 spiro atoms. The van der Waals surface area contributed by atoms with Crippen LogP contribution in [0.3, 0.4) is 0 Å². The fraction of sp³-hybridized carbons (Fsp3) is 0.400. The number of fused-ring (bicyclic) bond motifs is 1. The van der Waals surface area contributed by atoms with Gasteiger partial charge in [-0.25, -0.2) is 9.78 Å². The molecule has 0 atom stereocenters. The fourth-order valence-corrected chi connectivity index (χ4v) is 2.12. The molecule has 0 unspecified atom stereocenters. The van der Waals surface area contributed by atoms with Gasteiger partial charge in [-0.1, -0.05) is 6.07 Å². The molecular weight excluding hydrogens is 303 g/mol. The number of rotatable bonds is 8. The molecule has 2 aromatic heterocycles. The third-order valence-corrected chi connectivity index (χ3v) is 3.30. The van der Waals surface area contributed by atoms with Crippen molar-refractivity contribution in [1.29, 1.82) is 0 Å². The first kappa shape index (κ1) is 16.9. The second-order valence-electron chi connectivity index (χ2n) is 5.16. The molecule has 0 fully saturated rings. The number of amides is 1. The lowest BCUT2D eigenvalue weighted by Gasteiger charge is -2.07. The largest absolute Gasteiger partial charge is 0.355 e. The lowest BCUT2D eigenvalue weighted by Crippen LogP contribution is -2.32. The summed E-state index contributed by atoms with van der Waals surface area (Å²) in [5.74, 6) is -1.36. The number of aryl methyl sites for hydroxylation is 1. The van der Waals surface area contributed by atoms with E-state index in [9.17, 15) is 14.1 Å². The maximum atomic E-state index is 11.5. The van der Waals surface area contributed by atoms with E-state index in [0.29, 0.717) is 19.6 Å². The summed E-state index contributed by atoms with van der Waals surface area (Å²) >= 11 is 0. The Kier molecular flexibility index (Phi) is 6.04. The number of hydrogen-bond donors (Lipinski definition) is 2. The van der Waals surface area contributed by atoms with Crippen LogP contribution < -0.4 is 10.6 Å². The van der Waals surface area contributed by atoms with Gasteiger partial charge in [0.1, 0.15) is 5.65 Å². The van der Waals surface area contributed by atoms with Gasteiger partial charge in [-0.05, 0) is 18.6 Å². The summed E-state index contributed by atoms with van der Waals surface area (Å²) in [4.78, 5) is 29.2. The Morgan fingerprint density at radius 3 is 2.91 bits per heavy atom. The minimum absolute atomic E-state index is 0.0880. The van der Waals surface area contributed by atoms with Gasteiger partial charge in [0, 0.05) is 36.8 Å². The highest BCUT2D eigenvalue weighted by molar-refractivity contribution is 5.80. The van der Waals surface area contributed by atoms with Gasteiger partial charge in [-0.2, -0.15) is 0 Å². The number of aromatic nitrogens is 2. The molecule has 2 N–H and O–H groups in total. The molecule has 0 aliphatic carbocycles. The summed E-state index contributed by atoms with van der Waals surface area (Å²) in [6, 6.07) is 3.97. The minimum Gasteiger partial charge on any atom is -0.355 e. The smallest absolute Gasteiger partial charge is 0.349 e. The predicted molar refractivity (Wildman–Crippen MR) is 81.1 cm³/mol. The number of nitrogens with zero attached hydrogens (tertiary/aromatic N) is 2. The van der Waals surface area contributed by atoms with Crippen molar-refractivity contribution >= 4 is 17.5 Å². The zero-order valence-corrected chi connectivity index (χ0v) is 12.8. The first-order valence-electron chi connectivity index (χ1n) is 7.31. The van der Waals surface area contributed by atoms with Gasteiger partial charge < -0.3 is 15.0 Å². The van der Waals surface area contributed by atoms with Crippen LogP contribution in [0.25, 0.3) is 5.65 Å². The summed E-state index contributed by atoms with van der Waals surface area (Å²) < 4.78 is 13.5. The van der Waals surface area contributed by atoms with Crippen molar-refractivity contribution in [2.24, 2.45) is 0 Å². The fourth-order valence-electron chi connectivity index (χ4n) is 2.12. The molecule has 23 heavy (non-hydrogen) atoms. The molecule has 0 aliphatic rings. The molecule has 0 saturated carbocycles. The van der Waals surface area contributed by atoms with Crippen LogP contribution >= 0.6 is 0 Å². The van der Waals surface area contributed by atoms with Crippen molar-refractivity contribution in [2.45, 2.75) is 26.3 Å². The van der Waals surface area contributed by atoms with Crippen LogP contribution in [-0.2, 0) is 21.1 Å². The standard InChI is InChI=1S/C15H19FN4O3/c1-11-2-3-13-19-9-12(20(13)10-11)8-17-6-7-18-14(21)4-5-15(22)23-16/h2-3,9-10,17H,4-8H2,1H3,(H,18,21). The molecule has 2 rings (SSSR count). The van der Waals surface area contributed by atoms with E-state index in [1.54, 1.807) is 0 Å². The van der Waals surface area contributed by atoms with Gasteiger partial charge in [-0.3, -0.25) is 9.74 Å². The highest BCUT2D eigenvalue weighted by atomic mass is 19.3. The van der Waals surface area contributed by atoms with Crippen molar-refractivity contribution in [1.82, 2.24) is 20.0 Å². The number of halogens is 1. The van der Waals surface area contributed by atoms with Crippen molar-refractivity contribution in [3.8, 4) is 0 Å². The van der Waals surface area contributed by atoms with Crippen molar-refractivity contribution < 1.29 is 19.1 Å². The van der Waals surface area contributed by atoms with Crippen LogP contribution in [0.4, 0.5) is 4.53 Å². The van der Waals surface area contributed by atoms with E-state index >= 15 is 0 Å². The first-order chi connectivity index (χ1) is 11.1. The lowest BCUT2D eigenvalue weighted by molar-refractivity contribution is -0.184. The molecule has 0 aromatic carbocycles. The number of carbonyl (C=O) groups excluding carboxylic acids is 2. The Hall–Kier alpha value is -2.48. The third kappa shape index (κ3) is 5.03. The molecular formula is C15H19FN4O3. The average molecular weight is 322 g/mol. The molecule has 0 saturated heterocycles. The van der Waals surface area contributed by atoms with Gasteiger partial charge in [0.2, 0.25) is 5.91 Å². The third-order valence-electron chi connectivity index (χ3n) is 3.30. The van der Waals surface area contributed by atoms with Crippen LogP contribution in [0.2, 0.25) is 0 Å². The molecule has 0 aliphatic heterocycles. The van der Waals surface area contributed by atoms with Crippen LogP contribution in [-0.4, -0.2) is 34.4 Å². The maximum absolute atomic E-state index is 11.5.